The van der Waals surface area contributed by atoms with Gasteiger partial charge >= 0.3 is 0 Å². The van der Waals surface area contributed by atoms with E-state index in [1.807, 2.05) is 61.5 Å². The van der Waals surface area contributed by atoms with Crippen molar-refractivity contribution in [2.45, 2.75) is 46.1 Å². The first-order chi connectivity index (χ1) is 21.3. The molecule has 0 radical (unpaired) electrons. The van der Waals surface area contributed by atoms with Crippen LogP contribution < -0.4 is 21.3 Å². The van der Waals surface area contributed by atoms with E-state index in [1.165, 1.54) is 17.7 Å². The van der Waals surface area contributed by atoms with Gasteiger partial charge in [0.05, 0.1) is 23.6 Å². The third kappa shape index (κ3) is 11.0. The molecule has 4 rings (SSSR count). The quantitative estimate of drug-likeness (QED) is 0.0698. The Morgan fingerprint density at radius 3 is 1.60 bits per heavy atom. The third-order valence-corrected chi connectivity index (χ3v) is 7.53. The van der Waals surface area contributed by atoms with E-state index >= 15 is 0 Å². The Morgan fingerprint density at radius 2 is 1.13 bits per heavy atom. The molecule has 0 aliphatic carbocycles. The first-order valence-electron chi connectivity index (χ1n) is 13.9. The number of anilines is 2. The van der Waals surface area contributed by atoms with Crippen molar-refractivity contribution < 1.29 is 20.4 Å². The van der Waals surface area contributed by atoms with Gasteiger partial charge in [-0.25, -0.2) is 0 Å². The van der Waals surface area contributed by atoms with Crippen molar-refractivity contribution in [1.29, 1.82) is 0 Å². The maximum absolute atomic E-state index is 10.2. The number of thiocarbonyl (C=S) groups is 2. The van der Waals surface area contributed by atoms with Gasteiger partial charge in [-0.15, -0.1) is 0 Å². The van der Waals surface area contributed by atoms with Gasteiger partial charge in [-0.1, -0.05) is 77.8 Å². The topological polar surface area (TPSA) is 129 Å². The number of rotatable bonds is 8. The Kier molecular flexibility index (Phi) is 13.7. The Morgan fingerprint density at radius 1 is 0.689 bits per heavy atom. The molecule has 0 aliphatic heterocycles. The molecule has 8 nitrogen and oxygen atoms in total. The van der Waals surface area contributed by atoms with Crippen molar-refractivity contribution in [2.24, 2.45) is 0 Å². The van der Waals surface area contributed by atoms with Crippen molar-refractivity contribution in [3.63, 3.8) is 0 Å². The molecule has 0 spiro atoms. The number of phenolic OH excluding ortho intramolecular Hbond substituents is 2. The van der Waals surface area contributed by atoms with Crippen molar-refractivity contribution in [2.75, 3.05) is 10.6 Å². The van der Waals surface area contributed by atoms with Gasteiger partial charge in [0.2, 0.25) is 0 Å². The number of aryl methyl sites for hydroxylation is 1. The van der Waals surface area contributed by atoms with E-state index in [1.54, 1.807) is 26.0 Å². The number of aliphatic hydroxyl groups excluding tert-OH is 2. The largest absolute Gasteiger partial charge is 0.505 e. The van der Waals surface area contributed by atoms with Gasteiger partial charge in [-0.05, 0) is 86.2 Å². The highest BCUT2D eigenvalue weighted by Crippen LogP contribution is 2.36. The maximum atomic E-state index is 10.2. The lowest BCUT2D eigenvalue weighted by Gasteiger charge is -2.16. The molecule has 0 saturated carbocycles. The van der Waals surface area contributed by atoms with Gasteiger partial charge in [0.1, 0.15) is 11.5 Å². The number of phenols is 2. The number of halogens is 2. The van der Waals surface area contributed by atoms with Crippen LogP contribution in [-0.4, -0.2) is 30.7 Å². The summed E-state index contributed by atoms with van der Waals surface area (Å²) in [6.45, 7) is 6.29. The normalized spacial score (nSPS) is 11.8. The second kappa shape index (κ2) is 17.2. The Bertz CT molecular complexity index is 1620. The molecule has 0 aromatic heterocycles. The van der Waals surface area contributed by atoms with Gasteiger partial charge in [0.15, 0.2) is 10.2 Å². The third-order valence-electron chi connectivity index (χ3n) is 6.60. The second-order valence-corrected chi connectivity index (χ2v) is 11.9. The molecule has 0 bridgehead atoms. The van der Waals surface area contributed by atoms with Crippen LogP contribution in [-0.2, 0) is 13.1 Å². The van der Waals surface area contributed by atoms with Gasteiger partial charge in [0.25, 0.3) is 0 Å². The van der Waals surface area contributed by atoms with Crippen LogP contribution in [0.1, 0.15) is 53.9 Å². The summed E-state index contributed by atoms with van der Waals surface area (Å²) in [6, 6.07) is 24.0. The molecule has 0 aliphatic rings. The van der Waals surface area contributed by atoms with Crippen LogP contribution >= 0.6 is 47.6 Å². The van der Waals surface area contributed by atoms with E-state index in [9.17, 15) is 20.4 Å². The maximum Gasteiger partial charge on any atom is 0.171 e. The van der Waals surface area contributed by atoms with Crippen molar-refractivity contribution in [3.8, 4) is 11.5 Å². The SMILES string of the molecule is CC(O)c1cc(Cl)cc(NC(=S)NCc2ccccc2)c1O.Cc1ccccc1CNC(=S)Nc1cc(Cl)cc(C(C)O)c1O. The van der Waals surface area contributed by atoms with Crippen molar-refractivity contribution in [1.82, 2.24) is 10.6 Å². The molecular weight excluding hydrogens is 651 g/mol. The first-order valence-corrected chi connectivity index (χ1v) is 15.5. The van der Waals surface area contributed by atoms with Gasteiger partial charge in [0, 0.05) is 34.3 Å². The van der Waals surface area contributed by atoms with Gasteiger partial charge in [-0.3, -0.25) is 0 Å². The minimum atomic E-state index is -0.831. The molecular formula is C33H36Cl2N4O4S2. The Balaban J connectivity index is 0.000000246. The Labute approximate surface area is 284 Å². The number of benzene rings is 4. The van der Waals surface area contributed by atoms with E-state index < -0.39 is 12.2 Å². The molecule has 0 saturated heterocycles. The highest BCUT2D eigenvalue weighted by atomic mass is 35.5. The summed E-state index contributed by atoms with van der Waals surface area (Å²) in [7, 11) is 0. The fraction of sp³-hybridized carbons (Fsp3) is 0.212. The van der Waals surface area contributed by atoms with Crippen LogP contribution in [0.25, 0.3) is 0 Å². The molecule has 0 amide bonds. The zero-order chi connectivity index (χ0) is 33.1. The molecule has 238 valence electrons. The average molecular weight is 688 g/mol. The summed E-state index contributed by atoms with van der Waals surface area (Å²) in [5, 5.41) is 53.1. The van der Waals surface area contributed by atoms with Crippen LogP contribution in [0.2, 0.25) is 10.0 Å². The van der Waals surface area contributed by atoms with Crippen LogP contribution in [0.5, 0.6) is 11.5 Å². The van der Waals surface area contributed by atoms with E-state index in [0.29, 0.717) is 55.9 Å². The number of nitrogens with one attached hydrogen (secondary N) is 4. The molecule has 0 heterocycles. The van der Waals surface area contributed by atoms with E-state index in [0.717, 1.165) is 11.1 Å². The minimum absolute atomic E-state index is 0.0653. The average Bonchev–Trinajstić information content (AvgIpc) is 2.99. The molecule has 8 N–H and O–H groups in total. The summed E-state index contributed by atoms with van der Waals surface area (Å²) in [5.74, 6) is -0.132. The van der Waals surface area contributed by atoms with E-state index in [2.05, 4.69) is 21.3 Å². The van der Waals surface area contributed by atoms with Crippen LogP contribution in [0.4, 0.5) is 11.4 Å². The van der Waals surface area contributed by atoms with Gasteiger partial charge in [-0.2, -0.15) is 0 Å². The summed E-state index contributed by atoms with van der Waals surface area (Å²) in [4.78, 5) is 0. The molecule has 4 aromatic carbocycles. The number of hydrogen-bond donors (Lipinski definition) is 8. The lowest BCUT2D eigenvalue weighted by atomic mass is 10.1. The van der Waals surface area contributed by atoms with Crippen LogP contribution in [0.3, 0.4) is 0 Å². The summed E-state index contributed by atoms with van der Waals surface area (Å²) >= 11 is 22.5. The molecule has 0 fully saturated rings. The zero-order valence-corrected chi connectivity index (χ0v) is 28.1. The molecule has 12 heteroatoms. The van der Waals surface area contributed by atoms with Crippen molar-refractivity contribution >= 4 is 69.2 Å². The number of aliphatic hydroxyl groups is 2. The predicted octanol–water partition coefficient (Wildman–Crippen LogP) is 7.48. The van der Waals surface area contributed by atoms with Gasteiger partial charge < -0.3 is 41.7 Å². The highest BCUT2D eigenvalue weighted by molar-refractivity contribution is 7.80. The molecule has 2 unspecified atom stereocenters. The molecule has 2 atom stereocenters. The Hall–Kier alpha value is -3.64. The lowest BCUT2D eigenvalue weighted by molar-refractivity contribution is 0.194. The number of aromatic hydroxyl groups is 2. The molecule has 4 aromatic rings. The monoisotopic (exact) mass is 686 g/mol. The summed E-state index contributed by atoms with van der Waals surface area (Å²) < 4.78 is 0. The minimum Gasteiger partial charge on any atom is -0.505 e. The van der Waals surface area contributed by atoms with Crippen LogP contribution in [0, 0.1) is 6.92 Å². The van der Waals surface area contributed by atoms with E-state index in [4.69, 9.17) is 47.6 Å². The lowest BCUT2D eigenvalue weighted by Crippen LogP contribution is -2.28. The fourth-order valence-electron chi connectivity index (χ4n) is 4.16. The summed E-state index contributed by atoms with van der Waals surface area (Å²) in [5.41, 5.74) is 4.81. The first kappa shape index (κ1) is 35.8. The smallest absolute Gasteiger partial charge is 0.171 e. The zero-order valence-electron chi connectivity index (χ0n) is 24.9. The second-order valence-electron chi connectivity index (χ2n) is 10.2. The number of hydrogen-bond acceptors (Lipinski definition) is 6. The summed E-state index contributed by atoms with van der Waals surface area (Å²) in [6.07, 6.45) is -1.66. The highest BCUT2D eigenvalue weighted by Gasteiger charge is 2.15. The fourth-order valence-corrected chi connectivity index (χ4v) is 4.98. The van der Waals surface area contributed by atoms with E-state index in [-0.39, 0.29) is 11.5 Å². The van der Waals surface area contributed by atoms with Crippen molar-refractivity contribution in [3.05, 3.63) is 117 Å². The predicted molar refractivity (Wildman–Crippen MR) is 191 cm³/mol. The standard InChI is InChI=1S/C17H19ClN2O2S.C16H17ClN2O2S/c1-10-5-3-4-6-12(10)9-19-17(23)20-15-8-13(18)7-14(11(2)21)16(15)22;1-10(20)13-7-12(17)8-14(15(13)21)19-16(22)18-9-11-5-3-2-4-6-11/h3-8,11,21-22H,9H2,1-2H3,(H2,19,20,23);2-8,10,20-21H,9H2,1H3,(H2,18,19,22). The molecule has 45 heavy (non-hydrogen) atoms. The van der Waals surface area contributed by atoms with Crippen LogP contribution in [0.15, 0.2) is 78.9 Å².